The predicted molar refractivity (Wildman–Crippen MR) is 72.0 cm³/mol. The van der Waals surface area contributed by atoms with Crippen molar-refractivity contribution in [2.75, 3.05) is 6.61 Å². The van der Waals surface area contributed by atoms with Crippen LogP contribution < -0.4 is 0 Å². The highest BCUT2D eigenvalue weighted by Gasteiger charge is 2.52. The highest BCUT2D eigenvalue weighted by molar-refractivity contribution is 9.09. The Labute approximate surface area is 108 Å². The van der Waals surface area contributed by atoms with Crippen LogP contribution in [0, 0.1) is 11.3 Å². The molecule has 0 radical (unpaired) electrons. The standard InChI is InChI=1S/C14H25BrO/c1-3-14(4-2)12(15)10-13(14)16-9-8-11-6-5-7-11/h11-13H,3-10H2,1-2H3. The van der Waals surface area contributed by atoms with Gasteiger partial charge in [0, 0.05) is 16.8 Å². The zero-order chi connectivity index (χ0) is 11.6. The summed E-state index contributed by atoms with van der Waals surface area (Å²) < 4.78 is 6.12. The van der Waals surface area contributed by atoms with Gasteiger partial charge in [-0.1, -0.05) is 49.0 Å². The summed E-state index contributed by atoms with van der Waals surface area (Å²) in [4.78, 5) is 0.684. The molecular weight excluding hydrogens is 264 g/mol. The summed E-state index contributed by atoms with van der Waals surface area (Å²) in [5.41, 5.74) is 0.430. The fourth-order valence-electron chi connectivity index (χ4n) is 3.24. The molecule has 2 rings (SSSR count). The maximum Gasteiger partial charge on any atom is 0.0652 e. The van der Waals surface area contributed by atoms with E-state index < -0.39 is 0 Å². The van der Waals surface area contributed by atoms with Gasteiger partial charge in [-0.15, -0.1) is 0 Å². The van der Waals surface area contributed by atoms with Crippen molar-refractivity contribution in [2.45, 2.75) is 69.7 Å². The SMILES string of the molecule is CCC1(CC)C(Br)CC1OCCC1CCC1. The number of rotatable bonds is 6. The average molecular weight is 289 g/mol. The summed E-state index contributed by atoms with van der Waals surface area (Å²) in [5.74, 6) is 0.984. The molecule has 2 aliphatic carbocycles. The highest BCUT2D eigenvalue weighted by atomic mass is 79.9. The number of alkyl halides is 1. The molecule has 2 atom stereocenters. The van der Waals surface area contributed by atoms with Crippen molar-refractivity contribution in [3.8, 4) is 0 Å². The first kappa shape index (κ1) is 12.9. The normalized spacial score (nSPS) is 33.2. The molecule has 0 saturated heterocycles. The van der Waals surface area contributed by atoms with E-state index in [1.807, 2.05) is 0 Å². The minimum atomic E-state index is 0.430. The smallest absolute Gasteiger partial charge is 0.0652 e. The van der Waals surface area contributed by atoms with Crippen LogP contribution in [0.15, 0.2) is 0 Å². The Hall–Kier alpha value is 0.440. The number of ether oxygens (including phenoxy) is 1. The Morgan fingerprint density at radius 1 is 1.25 bits per heavy atom. The van der Waals surface area contributed by atoms with Gasteiger partial charge in [0.2, 0.25) is 0 Å². The van der Waals surface area contributed by atoms with Gasteiger partial charge < -0.3 is 4.74 Å². The lowest BCUT2D eigenvalue weighted by molar-refractivity contribution is -0.111. The van der Waals surface area contributed by atoms with Crippen molar-refractivity contribution >= 4 is 15.9 Å². The minimum absolute atomic E-state index is 0.430. The van der Waals surface area contributed by atoms with Gasteiger partial charge in [0.05, 0.1) is 6.10 Å². The molecule has 2 heteroatoms. The quantitative estimate of drug-likeness (QED) is 0.652. The molecule has 1 nitrogen and oxygen atoms in total. The Kier molecular flexibility index (Phi) is 4.34. The van der Waals surface area contributed by atoms with Crippen LogP contribution in [0.5, 0.6) is 0 Å². The lowest BCUT2D eigenvalue weighted by Crippen LogP contribution is -2.55. The third-order valence-corrected chi connectivity index (χ3v) is 6.36. The Morgan fingerprint density at radius 3 is 2.38 bits per heavy atom. The maximum atomic E-state index is 6.12. The van der Waals surface area contributed by atoms with E-state index in [1.54, 1.807) is 0 Å². The second-order valence-electron chi connectivity index (χ2n) is 5.59. The molecule has 0 aromatic carbocycles. The van der Waals surface area contributed by atoms with Crippen LogP contribution in [0.2, 0.25) is 0 Å². The topological polar surface area (TPSA) is 9.23 Å². The van der Waals surface area contributed by atoms with Gasteiger partial charge >= 0.3 is 0 Å². The van der Waals surface area contributed by atoms with Crippen LogP contribution >= 0.6 is 15.9 Å². The van der Waals surface area contributed by atoms with E-state index in [0.717, 1.165) is 12.5 Å². The van der Waals surface area contributed by atoms with Crippen LogP contribution in [-0.2, 0) is 4.74 Å². The first-order valence-electron chi connectivity index (χ1n) is 6.98. The summed E-state index contributed by atoms with van der Waals surface area (Å²) >= 11 is 3.81. The van der Waals surface area contributed by atoms with E-state index in [9.17, 15) is 0 Å². The van der Waals surface area contributed by atoms with Gasteiger partial charge in [-0.25, -0.2) is 0 Å². The van der Waals surface area contributed by atoms with Crippen LogP contribution in [0.3, 0.4) is 0 Å². The van der Waals surface area contributed by atoms with Crippen molar-refractivity contribution in [3.63, 3.8) is 0 Å². The van der Waals surface area contributed by atoms with Gasteiger partial charge in [-0.2, -0.15) is 0 Å². The zero-order valence-corrected chi connectivity index (χ0v) is 12.3. The van der Waals surface area contributed by atoms with Crippen molar-refractivity contribution in [2.24, 2.45) is 11.3 Å². The Bertz CT molecular complexity index is 221. The number of halogens is 1. The first-order valence-corrected chi connectivity index (χ1v) is 7.90. The van der Waals surface area contributed by atoms with Crippen molar-refractivity contribution < 1.29 is 4.74 Å². The van der Waals surface area contributed by atoms with Gasteiger partial charge in [0.15, 0.2) is 0 Å². The van der Waals surface area contributed by atoms with Crippen molar-refractivity contribution in [1.82, 2.24) is 0 Å². The highest BCUT2D eigenvalue weighted by Crippen LogP contribution is 2.52. The predicted octanol–water partition coefficient (Wildman–Crippen LogP) is 4.54. The van der Waals surface area contributed by atoms with E-state index in [-0.39, 0.29) is 0 Å². The zero-order valence-electron chi connectivity index (χ0n) is 10.7. The van der Waals surface area contributed by atoms with Gasteiger partial charge in [-0.05, 0) is 31.6 Å². The molecular formula is C14H25BrO. The van der Waals surface area contributed by atoms with E-state index in [2.05, 4.69) is 29.8 Å². The Morgan fingerprint density at radius 2 is 1.94 bits per heavy atom. The molecule has 2 aliphatic rings. The van der Waals surface area contributed by atoms with Gasteiger partial charge in [0.1, 0.15) is 0 Å². The number of hydrogen-bond donors (Lipinski definition) is 0. The van der Waals surface area contributed by atoms with E-state index in [0.29, 0.717) is 16.3 Å². The molecule has 0 aliphatic heterocycles. The molecule has 2 saturated carbocycles. The van der Waals surface area contributed by atoms with Crippen molar-refractivity contribution in [1.29, 1.82) is 0 Å². The fourth-order valence-corrected chi connectivity index (χ4v) is 4.52. The largest absolute Gasteiger partial charge is 0.378 e. The lowest BCUT2D eigenvalue weighted by Gasteiger charge is -2.53. The summed E-state index contributed by atoms with van der Waals surface area (Å²) in [6.07, 6.45) is 9.86. The third kappa shape index (κ3) is 2.20. The van der Waals surface area contributed by atoms with E-state index in [1.165, 1.54) is 44.9 Å². The molecule has 0 heterocycles. The molecule has 0 N–H and O–H groups in total. The monoisotopic (exact) mass is 288 g/mol. The Balaban J connectivity index is 1.72. The van der Waals surface area contributed by atoms with Crippen LogP contribution in [0.4, 0.5) is 0 Å². The van der Waals surface area contributed by atoms with Crippen LogP contribution in [-0.4, -0.2) is 17.5 Å². The molecule has 0 aromatic heterocycles. The summed E-state index contributed by atoms with van der Waals surface area (Å²) in [7, 11) is 0. The molecule has 16 heavy (non-hydrogen) atoms. The molecule has 0 amide bonds. The van der Waals surface area contributed by atoms with Crippen LogP contribution in [0.1, 0.15) is 58.8 Å². The molecule has 94 valence electrons. The van der Waals surface area contributed by atoms with E-state index in [4.69, 9.17) is 4.74 Å². The van der Waals surface area contributed by atoms with Gasteiger partial charge in [-0.3, -0.25) is 0 Å². The molecule has 0 aromatic rings. The van der Waals surface area contributed by atoms with Gasteiger partial charge in [0.25, 0.3) is 0 Å². The molecule has 2 fully saturated rings. The molecule has 0 spiro atoms. The summed E-state index contributed by atoms with van der Waals surface area (Å²) in [6, 6.07) is 0. The lowest BCUT2D eigenvalue weighted by atomic mass is 9.62. The summed E-state index contributed by atoms with van der Waals surface area (Å²) in [6.45, 7) is 5.61. The van der Waals surface area contributed by atoms with Crippen molar-refractivity contribution in [3.05, 3.63) is 0 Å². The maximum absolute atomic E-state index is 6.12. The van der Waals surface area contributed by atoms with Crippen LogP contribution in [0.25, 0.3) is 0 Å². The average Bonchev–Trinajstić information content (AvgIpc) is 2.22. The second-order valence-corrected chi connectivity index (χ2v) is 6.69. The second kappa shape index (κ2) is 5.39. The minimum Gasteiger partial charge on any atom is -0.378 e. The summed E-state index contributed by atoms with van der Waals surface area (Å²) in [5, 5.41) is 0. The number of hydrogen-bond acceptors (Lipinski definition) is 1. The molecule has 0 bridgehead atoms. The third-order valence-electron chi connectivity index (χ3n) is 5.07. The first-order chi connectivity index (χ1) is 7.73. The molecule has 2 unspecified atom stereocenters. The van der Waals surface area contributed by atoms with E-state index >= 15 is 0 Å². The fraction of sp³-hybridized carbons (Fsp3) is 1.00.